The fraction of sp³-hybridized carbons (Fsp3) is 0.571. The molecule has 4 nitrogen and oxygen atoms in total. The van der Waals surface area contributed by atoms with Gasteiger partial charge in [0.1, 0.15) is 12.4 Å². The van der Waals surface area contributed by atoms with Gasteiger partial charge in [-0.15, -0.1) is 0 Å². The van der Waals surface area contributed by atoms with Crippen LogP contribution in [0.4, 0.5) is 0 Å². The average Bonchev–Trinajstić information content (AvgIpc) is 2.41. The molecule has 0 aliphatic carbocycles. The second-order valence-electron chi connectivity index (χ2n) is 4.60. The summed E-state index contributed by atoms with van der Waals surface area (Å²) in [5.41, 5.74) is 0. The highest BCUT2D eigenvalue weighted by atomic mass is 79.9. The van der Waals surface area contributed by atoms with Crippen LogP contribution in [0.5, 0.6) is 5.75 Å². The summed E-state index contributed by atoms with van der Waals surface area (Å²) in [6.07, 6.45) is 0.415. The molecule has 1 heterocycles. The molecule has 0 amide bonds. The molecule has 1 aliphatic rings. The van der Waals surface area contributed by atoms with Crippen LogP contribution in [0.1, 0.15) is 6.92 Å². The first-order chi connectivity index (χ1) is 9.24. The maximum atomic E-state index is 5.73. The summed E-state index contributed by atoms with van der Waals surface area (Å²) >= 11 is 3.39. The lowest BCUT2D eigenvalue weighted by molar-refractivity contribution is -0.0709. The minimum Gasteiger partial charge on any atom is -0.491 e. The summed E-state index contributed by atoms with van der Waals surface area (Å²) < 4.78 is 17.9. The van der Waals surface area contributed by atoms with Crippen LogP contribution < -0.4 is 10.1 Å². The maximum absolute atomic E-state index is 5.73. The van der Waals surface area contributed by atoms with Crippen molar-refractivity contribution in [1.82, 2.24) is 5.32 Å². The molecule has 5 heteroatoms. The van der Waals surface area contributed by atoms with Crippen LogP contribution in [-0.4, -0.2) is 45.1 Å². The Hall–Kier alpha value is -0.620. The zero-order chi connectivity index (χ0) is 13.5. The lowest BCUT2D eigenvalue weighted by Gasteiger charge is -2.28. The third kappa shape index (κ3) is 5.48. The van der Waals surface area contributed by atoms with E-state index in [0.29, 0.717) is 19.8 Å². The van der Waals surface area contributed by atoms with Crippen molar-refractivity contribution in [2.24, 2.45) is 0 Å². The van der Waals surface area contributed by atoms with Crippen molar-refractivity contribution < 1.29 is 14.2 Å². The van der Waals surface area contributed by atoms with E-state index in [2.05, 4.69) is 28.2 Å². The van der Waals surface area contributed by atoms with E-state index in [1.54, 1.807) is 0 Å². The zero-order valence-electron chi connectivity index (χ0n) is 11.1. The lowest BCUT2D eigenvalue weighted by Crippen LogP contribution is -2.45. The van der Waals surface area contributed by atoms with Crippen LogP contribution in [0.25, 0.3) is 0 Å². The van der Waals surface area contributed by atoms with E-state index in [4.69, 9.17) is 14.2 Å². The fourth-order valence-electron chi connectivity index (χ4n) is 1.93. The fourth-order valence-corrected chi connectivity index (χ4v) is 2.20. The second-order valence-corrected chi connectivity index (χ2v) is 5.52. The average molecular weight is 330 g/mol. The molecule has 1 fully saturated rings. The molecule has 1 aliphatic heterocycles. The third-order valence-electron chi connectivity index (χ3n) is 2.84. The number of hydrogen-bond donors (Lipinski definition) is 1. The highest BCUT2D eigenvalue weighted by molar-refractivity contribution is 9.10. The molecule has 1 N–H and O–H groups in total. The largest absolute Gasteiger partial charge is 0.491 e. The second kappa shape index (κ2) is 7.85. The number of rotatable bonds is 6. The number of morpholine rings is 1. The van der Waals surface area contributed by atoms with Gasteiger partial charge in [-0.25, -0.2) is 0 Å². The van der Waals surface area contributed by atoms with Crippen LogP contribution in [0.2, 0.25) is 0 Å². The van der Waals surface area contributed by atoms with Gasteiger partial charge in [-0.1, -0.05) is 15.9 Å². The SMILES string of the molecule is CC1CNCC(COCCOc2ccc(Br)cc2)O1. The summed E-state index contributed by atoms with van der Waals surface area (Å²) in [5.74, 6) is 0.857. The molecule has 106 valence electrons. The van der Waals surface area contributed by atoms with E-state index in [9.17, 15) is 0 Å². The molecule has 0 aromatic heterocycles. The van der Waals surface area contributed by atoms with Crippen molar-refractivity contribution in [2.45, 2.75) is 19.1 Å². The molecule has 0 bridgehead atoms. The van der Waals surface area contributed by atoms with Gasteiger partial charge in [-0.3, -0.25) is 0 Å². The number of benzene rings is 1. The molecular formula is C14H20BrNO3. The third-order valence-corrected chi connectivity index (χ3v) is 3.37. The Morgan fingerprint density at radius 2 is 2.05 bits per heavy atom. The summed E-state index contributed by atoms with van der Waals surface area (Å²) in [7, 11) is 0. The van der Waals surface area contributed by atoms with Gasteiger partial charge >= 0.3 is 0 Å². The van der Waals surface area contributed by atoms with Crippen molar-refractivity contribution >= 4 is 15.9 Å². The van der Waals surface area contributed by atoms with Crippen molar-refractivity contribution in [3.8, 4) is 5.75 Å². The molecule has 0 radical (unpaired) electrons. The Kier molecular flexibility index (Phi) is 6.10. The Balaban J connectivity index is 1.55. The minimum atomic E-state index is 0.149. The predicted octanol–water partition coefficient (Wildman–Crippen LogP) is 2.22. The van der Waals surface area contributed by atoms with E-state index in [-0.39, 0.29) is 12.2 Å². The van der Waals surface area contributed by atoms with Gasteiger partial charge in [0.25, 0.3) is 0 Å². The van der Waals surface area contributed by atoms with Gasteiger partial charge in [0.2, 0.25) is 0 Å². The topological polar surface area (TPSA) is 39.7 Å². The van der Waals surface area contributed by atoms with Crippen LogP contribution >= 0.6 is 15.9 Å². The van der Waals surface area contributed by atoms with E-state index in [1.165, 1.54) is 0 Å². The van der Waals surface area contributed by atoms with Crippen molar-refractivity contribution in [2.75, 3.05) is 32.9 Å². The van der Waals surface area contributed by atoms with Crippen LogP contribution in [-0.2, 0) is 9.47 Å². The molecule has 1 aromatic rings. The first kappa shape index (κ1) is 14.8. The maximum Gasteiger partial charge on any atom is 0.119 e. The Bertz CT molecular complexity index is 371. The molecule has 0 spiro atoms. The molecule has 2 atom stereocenters. The molecule has 19 heavy (non-hydrogen) atoms. The molecule has 2 unspecified atom stereocenters. The van der Waals surface area contributed by atoms with Gasteiger partial charge in [-0.2, -0.15) is 0 Å². The summed E-state index contributed by atoms with van der Waals surface area (Å²) in [6.45, 7) is 5.58. The van der Waals surface area contributed by atoms with Gasteiger partial charge < -0.3 is 19.5 Å². The van der Waals surface area contributed by atoms with Crippen molar-refractivity contribution in [1.29, 1.82) is 0 Å². The smallest absolute Gasteiger partial charge is 0.119 e. The zero-order valence-corrected chi connectivity index (χ0v) is 12.7. The minimum absolute atomic E-state index is 0.149. The number of halogens is 1. The standard InChI is InChI=1S/C14H20BrNO3/c1-11-8-16-9-14(19-11)10-17-6-7-18-13-4-2-12(15)3-5-13/h2-5,11,14,16H,6-10H2,1H3. The van der Waals surface area contributed by atoms with Crippen LogP contribution in [0.3, 0.4) is 0 Å². The molecule has 2 rings (SSSR count). The monoisotopic (exact) mass is 329 g/mol. The molecular weight excluding hydrogens is 310 g/mol. The quantitative estimate of drug-likeness (QED) is 0.812. The van der Waals surface area contributed by atoms with Crippen molar-refractivity contribution in [3.63, 3.8) is 0 Å². The van der Waals surface area contributed by atoms with Crippen LogP contribution in [0, 0.1) is 0 Å². The summed E-state index contributed by atoms with van der Waals surface area (Å²) in [4.78, 5) is 0. The highest BCUT2D eigenvalue weighted by Crippen LogP contribution is 2.15. The van der Waals surface area contributed by atoms with E-state index >= 15 is 0 Å². The Morgan fingerprint density at radius 3 is 2.79 bits per heavy atom. The van der Waals surface area contributed by atoms with Crippen LogP contribution in [0.15, 0.2) is 28.7 Å². The van der Waals surface area contributed by atoms with Gasteiger partial charge in [0, 0.05) is 17.6 Å². The van der Waals surface area contributed by atoms with Gasteiger partial charge in [0.05, 0.1) is 25.4 Å². The number of hydrogen-bond acceptors (Lipinski definition) is 4. The first-order valence-electron chi connectivity index (χ1n) is 6.56. The number of nitrogens with one attached hydrogen (secondary N) is 1. The Labute approximate surface area is 122 Å². The van der Waals surface area contributed by atoms with E-state index in [1.807, 2.05) is 24.3 Å². The van der Waals surface area contributed by atoms with Crippen molar-refractivity contribution in [3.05, 3.63) is 28.7 Å². The summed E-state index contributed by atoms with van der Waals surface area (Å²) in [6, 6.07) is 7.78. The number of ether oxygens (including phenoxy) is 3. The molecule has 1 aromatic carbocycles. The van der Waals surface area contributed by atoms with Gasteiger partial charge in [0.15, 0.2) is 0 Å². The van der Waals surface area contributed by atoms with Gasteiger partial charge in [-0.05, 0) is 31.2 Å². The molecule has 1 saturated heterocycles. The first-order valence-corrected chi connectivity index (χ1v) is 7.35. The van der Waals surface area contributed by atoms with E-state index < -0.39 is 0 Å². The summed E-state index contributed by atoms with van der Waals surface area (Å²) in [5, 5.41) is 3.32. The lowest BCUT2D eigenvalue weighted by atomic mass is 10.2. The van der Waals surface area contributed by atoms with E-state index in [0.717, 1.165) is 23.3 Å². The normalized spacial score (nSPS) is 23.3. The highest BCUT2D eigenvalue weighted by Gasteiger charge is 2.18. The predicted molar refractivity (Wildman–Crippen MR) is 77.7 cm³/mol. The Morgan fingerprint density at radius 1 is 1.26 bits per heavy atom. The molecule has 0 saturated carbocycles.